The van der Waals surface area contributed by atoms with Gasteiger partial charge in [0.15, 0.2) is 5.78 Å². The normalized spacial score (nSPS) is 44.1. The van der Waals surface area contributed by atoms with Crippen molar-refractivity contribution < 1.29 is 20.1 Å². The first kappa shape index (κ1) is 23.9. The molecule has 0 saturated heterocycles. The van der Waals surface area contributed by atoms with E-state index in [4.69, 9.17) is 0 Å². The minimum Gasteiger partial charge on any atom is -0.396 e. The number of aliphatic hydroxyl groups excluding tert-OH is 2. The third kappa shape index (κ3) is 3.58. The first-order valence-corrected chi connectivity index (χ1v) is 12.6. The van der Waals surface area contributed by atoms with Gasteiger partial charge in [0.05, 0.1) is 11.7 Å². The smallest absolute Gasteiger partial charge is 0.178 e. The van der Waals surface area contributed by atoms with Gasteiger partial charge in [-0.25, -0.2) is 0 Å². The van der Waals surface area contributed by atoms with E-state index in [0.29, 0.717) is 30.1 Å². The van der Waals surface area contributed by atoms with Crippen LogP contribution in [-0.2, 0) is 4.79 Å². The van der Waals surface area contributed by atoms with Crippen molar-refractivity contribution in [3.05, 3.63) is 36.0 Å². The Morgan fingerprint density at radius 3 is 2.62 bits per heavy atom. The van der Waals surface area contributed by atoms with Crippen LogP contribution in [-0.4, -0.2) is 39.4 Å². The minimum absolute atomic E-state index is 0.0000728. The van der Waals surface area contributed by atoms with Crippen LogP contribution in [0.15, 0.2) is 36.0 Å². The second-order valence-corrected chi connectivity index (χ2v) is 12.0. The van der Waals surface area contributed by atoms with E-state index in [-0.39, 0.29) is 29.6 Å². The molecule has 0 heterocycles. The number of rotatable bonds is 5. The van der Waals surface area contributed by atoms with Crippen LogP contribution in [0.25, 0.3) is 0 Å². The Morgan fingerprint density at radius 2 is 1.97 bits per heavy atom. The summed E-state index contributed by atoms with van der Waals surface area (Å²) >= 11 is 0. The highest BCUT2D eigenvalue weighted by Gasteiger charge is 2.65. The Balaban J connectivity index is 1.66. The van der Waals surface area contributed by atoms with Crippen LogP contribution in [0.2, 0.25) is 0 Å². The Morgan fingerprint density at radius 1 is 1.25 bits per heavy atom. The van der Waals surface area contributed by atoms with E-state index in [1.807, 2.05) is 19.1 Å². The second kappa shape index (κ2) is 8.21. The molecule has 3 N–H and O–H groups in total. The number of hydrogen-bond donors (Lipinski definition) is 3. The lowest BCUT2D eigenvalue weighted by Gasteiger charge is -2.58. The molecule has 0 aliphatic heterocycles. The molecular weight excluding hydrogens is 400 g/mol. The van der Waals surface area contributed by atoms with Gasteiger partial charge in [0, 0.05) is 23.4 Å². The highest BCUT2D eigenvalue weighted by atomic mass is 16.3. The molecule has 0 amide bonds. The summed E-state index contributed by atoms with van der Waals surface area (Å²) in [6, 6.07) is 0. The van der Waals surface area contributed by atoms with Crippen LogP contribution >= 0.6 is 0 Å². The molecule has 0 bridgehead atoms. The summed E-state index contributed by atoms with van der Waals surface area (Å²) in [7, 11) is 0. The van der Waals surface area contributed by atoms with Crippen LogP contribution in [0.1, 0.15) is 66.7 Å². The van der Waals surface area contributed by atoms with E-state index in [9.17, 15) is 20.1 Å². The summed E-state index contributed by atoms with van der Waals surface area (Å²) in [6.07, 6.45) is 13.3. The molecule has 4 aliphatic rings. The molecule has 0 aromatic carbocycles. The van der Waals surface area contributed by atoms with Crippen molar-refractivity contribution in [2.75, 3.05) is 6.61 Å². The van der Waals surface area contributed by atoms with E-state index in [1.54, 1.807) is 6.08 Å². The quantitative estimate of drug-likeness (QED) is 0.550. The molecule has 0 radical (unpaired) electrons. The number of aliphatic hydroxyl groups is 3. The monoisotopic (exact) mass is 442 g/mol. The zero-order chi connectivity index (χ0) is 23.5. The van der Waals surface area contributed by atoms with Crippen molar-refractivity contribution in [3.8, 4) is 0 Å². The van der Waals surface area contributed by atoms with E-state index >= 15 is 0 Å². The molecule has 3 saturated carbocycles. The van der Waals surface area contributed by atoms with Crippen molar-refractivity contribution in [2.45, 2.75) is 78.4 Å². The molecule has 4 heteroatoms. The van der Waals surface area contributed by atoms with E-state index in [1.165, 1.54) is 5.57 Å². The molecule has 32 heavy (non-hydrogen) atoms. The van der Waals surface area contributed by atoms with Crippen LogP contribution in [0.4, 0.5) is 0 Å². The lowest BCUT2D eigenvalue weighted by molar-refractivity contribution is -0.126. The zero-order valence-corrected chi connectivity index (χ0v) is 20.4. The van der Waals surface area contributed by atoms with Crippen LogP contribution in [0, 0.1) is 46.3 Å². The van der Waals surface area contributed by atoms with Gasteiger partial charge in [0.2, 0.25) is 0 Å². The first-order valence-electron chi connectivity index (χ1n) is 12.6. The van der Waals surface area contributed by atoms with Gasteiger partial charge in [-0.15, -0.1) is 0 Å². The van der Waals surface area contributed by atoms with Crippen molar-refractivity contribution in [1.82, 2.24) is 0 Å². The maximum atomic E-state index is 12.0. The van der Waals surface area contributed by atoms with Gasteiger partial charge >= 0.3 is 0 Å². The Labute approximate surface area is 193 Å². The first-order chi connectivity index (χ1) is 15.0. The predicted molar refractivity (Wildman–Crippen MR) is 127 cm³/mol. The topological polar surface area (TPSA) is 77.8 Å². The molecule has 2 unspecified atom stereocenters. The molecular formula is C28H42O4. The standard InChI is InChI=1S/C28H42O4/c1-17(2)18(3)8-12-27(5,32)25-24(31)15-23-21-7-6-19-14-20(30)9-11-26(19,4)22(21)10-13-28(23,25)16-29/h8-9,11-12,14,17-18,21-25,29,31-32H,6-7,10,13,15-16H2,1-5H3/b12-8+/t18?,21-,22+,23+,24+,25-,26+,27?,28-/m1/s1. The fraction of sp³-hybridized carbons (Fsp3) is 0.750. The number of hydrogen-bond acceptors (Lipinski definition) is 4. The van der Waals surface area contributed by atoms with Crippen molar-refractivity contribution >= 4 is 5.78 Å². The number of carbonyl (C=O) groups excluding carboxylic acids is 1. The highest BCUT2D eigenvalue weighted by Crippen LogP contribution is 2.67. The maximum Gasteiger partial charge on any atom is 0.178 e. The average Bonchev–Trinajstić information content (AvgIpc) is 3.05. The lowest BCUT2D eigenvalue weighted by atomic mass is 9.47. The van der Waals surface area contributed by atoms with Gasteiger partial charge in [0.25, 0.3) is 0 Å². The largest absolute Gasteiger partial charge is 0.396 e. The highest BCUT2D eigenvalue weighted by molar-refractivity contribution is 6.01. The van der Waals surface area contributed by atoms with Gasteiger partial charge in [-0.1, -0.05) is 51.5 Å². The Bertz CT molecular complexity index is 836. The second-order valence-electron chi connectivity index (χ2n) is 12.0. The zero-order valence-electron chi connectivity index (χ0n) is 20.4. The summed E-state index contributed by atoms with van der Waals surface area (Å²) in [5.74, 6) is 1.49. The number of fused-ring (bicyclic) bond motifs is 5. The van der Waals surface area contributed by atoms with Crippen LogP contribution < -0.4 is 0 Å². The molecule has 0 aromatic heterocycles. The summed E-state index contributed by atoms with van der Waals surface area (Å²) in [4.78, 5) is 12.0. The van der Waals surface area contributed by atoms with Crippen molar-refractivity contribution in [1.29, 1.82) is 0 Å². The average molecular weight is 443 g/mol. The van der Waals surface area contributed by atoms with Gasteiger partial charge in [-0.2, -0.15) is 0 Å². The van der Waals surface area contributed by atoms with Gasteiger partial charge < -0.3 is 15.3 Å². The summed E-state index contributed by atoms with van der Waals surface area (Å²) in [5.41, 5.74) is -0.513. The molecule has 4 aliphatic carbocycles. The van der Waals surface area contributed by atoms with Crippen LogP contribution in [0.5, 0.6) is 0 Å². The summed E-state index contributed by atoms with van der Waals surface area (Å²) in [6.45, 7) is 10.6. The predicted octanol–water partition coefficient (Wildman–Crippen LogP) is 4.45. The molecule has 4 rings (SSSR count). The number of allylic oxidation sites excluding steroid dienone is 5. The third-order valence-electron chi connectivity index (χ3n) is 10.0. The Kier molecular flexibility index (Phi) is 6.14. The van der Waals surface area contributed by atoms with Crippen LogP contribution in [0.3, 0.4) is 0 Å². The molecule has 9 atom stereocenters. The number of ketones is 1. The SMILES string of the molecule is CC(C)C(C)/C=C/C(C)(O)[C@H]1[C@@H](O)C[C@H]2[C@@H]3CCC4=CC(=O)C=C[C@]4(C)[C@H]3CC[C@]12CO. The van der Waals surface area contributed by atoms with Gasteiger partial charge in [-0.05, 0) is 80.8 Å². The fourth-order valence-corrected chi connectivity index (χ4v) is 7.95. The Hall–Kier alpha value is -1.23. The van der Waals surface area contributed by atoms with Gasteiger partial charge in [-0.3, -0.25) is 4.79 Å². The molecule has 178 valence electrons. The van der Waals surface area contributed by atoms with E-state index in [2.05, 4.69) is 39.8 Å². The van der Waals surface area contributed by atoms with Crippen molar-refractivity contribution in [3.63, 3.8) is 0 Å². The molecule has 0 spiro atoms. The lowest BCUT2D eigenvalue weighted by Crippen LogP contribution is -2.55. The van der Waals surface area contributed by atoms with Gasteiger partial charge in [0.1, 0.15) is 0 Å². The van der Waals surface area contributed by atoms with E-state index < -0.39 is 17.1 Å². The maximum absolute atomic E-state index is 12.0. The third-order valence-corrected chi connectivity index (χ3v) is 10.0. The minimum atomic E-state index is -1.17. The number of carbonyl (C=O) groups is 1. The van der Waals surface area contributed by atoms with E-state index in [0.717, 1.165) is 25.7 Å². The molecule has 3 fully saturated rings. The fourth-order valence-electron chi connectivity index (χ4n) is 7.95. The summed E-state index contributed by atoms with van der Waals surface area (Å²) in [5, 5.41) is 33.6. The molecule has 4 nitrogen and oxygen atoms in total. The summed E-state index contributed by atoms with van der Waals surface area (Å²) < 4.78 is 0. The van der Waals surface area contributed by atoms with Crippen molar-refractivity contribution in [2.24, 2.45) is 46.3 Å². The molecule has 0 aromatic rings.